The lowest BCUT2D eigenvalue weighted by Crippen LogP contribution is -2.12. The molecule has 1 aliphatic rings. The molecule has 0 radical (unpaired) electrons. The molecular weight excluding hydrogens is 202 g/mol. The average Bonchev–Trinajstić information content (AvgIpc) is 2.87. The Labute approximate surface area is 96.7 Å². The Balaban J connectivity index is 1.69. The summed E-state index contributed by atoms with van der Waals surface area (Å²) in [5.74, 6) is 0.858. The van der Waals surface area contributed by atoms with Gasteiger partial charge in [-0.3, -0.25) is 4.68 Å². The summed E-state index contributed by atoms with van der Waals surface area (Å²) in [5.41, 5.74) is 0.890. The van der Waals surface area contributed by atoms with E-state index >= 15 is 0 Å². The number of aliphatic hydroxyl groups excluding tert-OH is 1. The topological polar surface area (TPSA) is 50.9 Å². The van der Waals surface area contributed by atoms with E-state index in [9.17, 15) is 5.11 Å². The number of aryl methyl sites for hydroxylation is 1. The van der Waals surface area contributed by atoms with Gasteiger partial charge in [-0.1, -0.05) is 30.9 Å². The number of hydrogen-bond donors (Lipinski definition) is 1. The molecule has 1 aromatic rings. The molecule has 0 aromatic carbocycles. The number of rotatable bonds is 5. The van der Waals surface area contributed by atoms with E-state index in [1.807, 2.05) is 13.2 Å². The smallest absolute Gasteiger partial charge is 0.0852 e. The van der Waals surface area contributed by atoms with Crippen molar-refractivity contribution in [3.63, 3.8) is 0 Å². The van der Waals surface area contributed by atoms with Gasteiger partial charge in [0.1, 0.15) is 0 Å². The first-order chi connectivity index (χ1) is 7.74. The first-order valence-electron chi connectivity index (χ1n) is 6.27. The van der Waals surface area contributed by atoms with Gasteiger partial charge >= 0.3 is 0 Å². The van der Waals surface area contributed by atoms with Crippen LogP contribution in [-0.4, -0.2) is 26.2 Å². The van der Waals surface area contributed by atoms with E-state index in [1.54, 1.807) is 4.68 Å². The number of aromatic nitrogens is 3. The van der Waals surface area contributed by atoms with Crippen LogP contribution in [0.3, 0.4) is 0 Å². The van der Waals surface area contributed by atoms with Gasteiger partial charge in [-0.15, -0.1) is 5.10 Å². The molecule has 0 amide bonds. The van der Waals surface area contributed by atoms with Crippen LogP contribution in [0.15, 0.2) is 6.20 Å². The van der Waals surface area contributed by atoms with Gasteiger partial charge in [0.15, 0.2) is 0 Å². The minimum Gasteiger partial charge on any atom is -0.393 e. The van der Waals surface area contributed by atoms with Crippen LogP contribution >= 0.6 is 0 Å². The summed E-state index contributed by atoms with van der Waals surface area (Å²) >= 11 is 0. The van der Waals surface area contributed by atoms with Crippen molar-refractivity contribution in [2.24, 2.45) is 13.0 Å². The fourth-order valence-corrected chi connectivity index (χ4v) is 2.56. The maximum Gasteiger partial charge on any atom is 0.0852 e. The Morgan fingerprint density at radius 1 is 1.50 bits per heavy atom. The van der Waals surface area contributed by atoms with Gasteiger partial charge in [0.05, 0.1) is 11.8 Å². The van der Waals surface area contributed by atoms with E-state index < -0.39 is 0 Å². The molecule has 1 atom stereocenters. The summed E-state index contributed by atoms with van der Waals surface area (Å²) in [6.45, 7) is 0. The fraction of sp³-hybridized carbons (Fsp3) is 0.833. The van der Waals surface area contributed by atoms with Crippen molar-refractivity contribution in [3.8, 4) is 0 Å². The predicted octanol–water partition coefficient (Wildman–Crippen LogP) is 1.69. The van der Waals surface area contributed by atoms with Crippen molar-refractivity contribution in [1.29, 1.82) is 0 Å². The van der Waals surface area contributed by atoms with E-state index in [4.69, 9.17) is 0 Å². The van der Waals surface area contributed by atoms with Gasteiger partial charge in [0.2, 0.25) is 0 Å². The second kappa shape index (κ2) is 5.43. The van der Waals surface area contributed by atoms with E-state index in [0.29, 0.717) is 6.42 Å². The summed E-state index contributed by atoms with van der Waals surface area (Å²) in [6, 6.07) is 0. The summed E-state index contributed by atoms with van der Waals surface area (Å²) < 4.78 is 1.68. The monoisotopic (exact) mass is 223 g/mol. The van der Waals surface area contributed by atoms with Gasteiger partial charge in [-0.25, -0.2) is 0 Å². The van der Waals surface area contributed by atoms with Crippen LogP contribution in [0, 0.1) is 5.92 Å². The molecule has 4 heteroatoms. The lowest BCUT2D eigenvalue weighted by atomic mass is 9.98. The third-order valence-corrected chi connectivity index (χ3v) is 3.48. The zero-order valence-corrected chi connectivity index (χ0v) is 9.97. The fourth-order valence-electron chi connectivity index (χ4n) is 2.56. The van der Waals surface area contributed by atoms with Crippen LogP contribution in [0.5, 0.6) is 0 Å². The maximum atomic E-state index is 9.90. The summed E-state index contributed by atoms with van der Waals surface area (Å²) in [7, 11) is 1.85. The average molecular weight is 223 g/mol. The first kappa shape index (κ1) is 11.6. The van der Waals surface area contributed by atoms with Gasteiger partial charge in [-0.05, 0) is 18.8 Å². The maximum absolute atomic E-state index is 9.90. The summed E-state index contributed by atoms with van der Waals surface area (Å²) in [6.07, 6.45) is 9.81. The minimum absolute atomic E-state index is 0.253. The minimum atomic E-state index is -0.253. The van der Waals surface area contributed by atoms with Crippen LogP contribution < -0.4 is 0 Å². The largest absolute Gasteiger partial charge is 0.393 e. The Bertz CT molecular complexity index is 318. The van der Waals surface area contributed by atoms with E-state index in [1.165, 1.54) is 32.1 Å². The van der Waals surface area contributed by atoms with Gasteiger partial charge < -0.3 is 5.11 Å². The van der Waals surface area contributed by atoms with Crippen LogP contribution in [-0.2, 0) is 13.5 Å². The highest BCUT2D eigenvalue weighted by Gasteiger charge is 2.17. The van der Waals surface area contributed by atoms with E-state index in [0.717, 1.165) is 18.0 Å². The molecule has 0 spiro atoms. The molecular formula is C12H21N3O. The van der Waals surface area contributed by atoms with Gasteiger partial charge in [-0.2, -0.15) is 0 Å². The zero-order valence-electron chi connectivity index (χ0n) is 9.97. The number of nitrogens with zero attached hydrogens (tertiary/aromatic N) is 3. The molecule has 1 saturated carbocycles. The number of aliphatic hydroxyl groups is 1. The number of hydrogen-bond acceptors (Lipinski definition) is 3. The molecule has 0 bridgehead atoms. The normalized spacial score (nSPS) is 19.1. The second-order valence-electron chi connectivity index (χ2n) is 4.97. The lowest BCUT2D eigenvalue weighted by Gasteiger charge is -2.12. The van der Waals surface area contributed by atoms with Crippen LogP contribution in [0.1, 0.15) is 44.2 Å². The first-order valence-corrected chi connectivity index (χ1v) is 6.27. The zero-order chi connectivity index (χ0) is 11.4. The molecule has 1 aliphatic carbocycles. The van der Waals surface area contributed by atoms with E-state index in [2.05, 4.69) is 10.3 Å². The summed E-state index contributed by atoms with van der Waals surface area (Å²) in [5, 5.41) is 17.7. The Morgan fingerprint density at radius 3 is 2.88 bits per heavy atom. The molecule has 1 aromatic heterocycles. The molecule has 0 saturated heterocycles. The van der Waals surface area contributed by atoms with Crippen LogP contribution in [0.4, 0.5) is 0 Å². The SMILES string of the molecule is Cn1cc(CC(O)CCC2CCCC2)nn1. The molecule has 16 heavy (non-hydrogen) atoms. The molecule has 1 unspecified atom stereocenters. The predicted molar refractivity (Wildman–Crippen MR) is 61.9 cm³/mol. The quantitative estimate of drug-likeness (QED) is 0.826. The lowest BCUT2D eigenvalue weighted by molar-refractivity contribution is 0.153. The van der Waals surface area contributed by atoms with Crippen molar-refractivity contribution >= 4 is 0 Å². The molecule has 2 rings (SSSR count). The van der Waals surface area contributed by atoms with Gasteiger partial charge in [0.25, 0.3) is 0 Å². The van der Waals surface area contributed by atoms with Crippen molar-refractivity contribution < 1.29 is 5.11 Å². The van der Waals surface area contributed by atoms with Crippen LogP contribution in [0.25, 0.3) is 0 Å². The third-order valence-electron chi connectivity index (χ3n) is 3.48. The highest BCUT2D eigenvalue weighted by atomic mass is 16.3. The van der Waals surface area contributed by atoms with Crippen molar-refractivity contribution in [2.45, 2.75) is 51.0 Å². The second-order valence-corrected chi connectivity index (χ2v) is 4.97. The molecule has 1 fully saturated rings. The summed E-state index contributed by atoms with van der Waals surface area (Å²) in [4.78, 5) is 0. The van der Waals surface area contributed by atoms with Gasteiger partial charge in [0, 0.05) is 19.7 Å². The standard InChI is InChI=1S/C12H21N3O/c1-15-9-11(13-14-15)8-12(16)7-6-10-4-2-3-5-10/h9-10,12,16H,2-8H2,1H3. The van der Waals surface area contributed by atoms with Crippen molar-refractivity contribution in [1.82, 2.24) is 15.0 Å². The molecule has 4 nitrogen and oxygen atoms in total. The third kappa shape index (κ3) is 3.30. The Morgan fingerprint density at radius 2 is 2.25 bits per heavy atom. The Hall–Kier alpha value is -0.900. The molecule has 0 aliphatic heterocycles. The van der Waals surface area contributed by atoms with Crippen molar-refractivity contribution in [2.75, 3.05) is 0 Å². The van der Waals surface area contributed by atoms with Crippen LogP contribution in [0.2, 0.25) is 0 Å². The highest BCUT2D eigenvalue weighted by Crippen LogP contribution is 2.29. The molecule has 1 heterocycles. The highest BCUT2D eigenvalue weighted by molar-refractivity contribution is 4.94. The molecule has 1 N–H and O–H groups in total. The van der Waals surface area contributed by atoms with E-state index in [-0.39, 0.29) is 6.10 Å². The van der Waals surface area contributed by atoms with Crippen molar-refractivity contribution in [3.05, 3.63) is 11.9 Å². The molecule has 90 valence electrons. The Kier molecular flexibility index (Phi) is 3.93.